The molecule has 1 saturated heterocycles. The van der Waals surface area contributed by atoms with E-state index < -0.39 is 0 Å². The van der Waals surface area contributed by atoms with E-state index in [1.807, 2.05) is 12.1 Å². The number of anilines is 2. The van der Waals surface area contributed by atoms with Crippen LogP contribution in [-0.2, 0) is 6.54 Å². The molecule has 9 heteroatoms. The van der Waals surface area contributed by atoms with Crippen molar-refractivity contribution in [1.82, 2.24) is 29.4 Å². The SMILES string of the molecule is CC(=O)c1c(C)c2cnc(Nc3ccc4c(ccn4CC4CCCN4)n3)nc2n(C2CCCC2)c1=O. The Morgan fingerprint density at radius 2 is 1.97 bits per heavy atom. The number of carbonyl (C=O) groups is 1. The predicted molar refractivity (Wildman–Crippen MR) is 140 cm³/mol. The van der Waals surface area contributed by atoms with Gasteiger partial charge in [-0.05, 0) is 69.8 Å². The molecule has 186 valence electrons. The van der Waals surface area contributed by atoms with Crippen molar-refractivity contribution in [3.05, 3.63) is 52.1 Å². The topological polar surface area (TPSA) is 107 Å². The van der Waals surface area contributed by atoms with Crippen molar-refractivity contribution in [3.8, 4) is 0 Å². The molecule has 1 atom stereocenters. The van der Waals surface area contributed by atoms with E-state index in [0.29, 0.717) is 29.0 Å². The third kappa shape index (κ3) is 3.97. The number of carbonyl (C=O) groups excluding carboxylic acids is 1. The number of hydrogen-bond acceptors (Lipinski definition) is 7. The molecule has 0 radical (unpaired) electrons. The second-order valence-corrected chi connectivity index (χ2v) is 10.1. The number of fused-ring (bicyclic) bond motifs is 2. The van der Waals surface area contributed by atoms with Crippen molar-refractivity contribution >= 4 is 39.6 Å². The average molecular weight is 486 g/mol. The van der Waals surface area contributed by atoms with Crippen molar-refractivity contribution < 1.29 is 4.79 Å². The molecule has 1 unspecified atom stereocenters. The van der Waals surface area contributed by atoms with Crippen LogP contribution in [0.4, 0.5) is 11.8 Å². The van der Waals surface area contributed by atoms with Crippen molar-refractivity contribution in [2.24, 2.45) is 0 Å². The normalized spacial score (nSPS) is 18.4. The van der Waals surface area contributed by atoms with Gasteiger partial charge in [-0.1, -0.05) is 12.8 Å². The molecule has 0 spiro atoms. The van der Waals surface area contributed by atoms with E-state index in [1.165, 1.54) is 19.8 Å². The summed E-state index contributed by atoms with van der Waals surface area (Å²) in [5, 5.41) is 7.51. The van der Waals surface area contributed by atoms with Crippen LogP contribution < -0.4 is 16.2 Å². The third-order valence-corrected chi connectivity index (χ3v) is 7.69. The lowest BCUT2D eigenvalue weighted by molar-refractivity contribution is 0.101. The summed E-state index contributed by atoms with van der Waals surface area (Å²) >= 11 is 0. The number of nitrogens with one attached hydrogen (secondary N) is 2. The van der Waals surface area contributed by atoms with Gasteiger partial charge in [0.05, 0.1) is 16.6 Å². The number of Topliss-reactive ketones (excluding diaryl/α,β-unsaturated/α-hetero) is 1. The minimum absolute atomic E-state index is 0.0463. The molecule has 4 aromatic rings. The van der Waals surface area contributed by atoms with Crippen LogP contribution >= 0.6 is 0 Å². The highest BCUT2D eigenvalue weighted by Gasteiger charge is 2.26. The van der Waals surface area contributed by atoms with E-state index in [1.54, 1.807) is 17.7 Å². The molecular formula is C27H31N7O2. The number of rotatable bonds is 6. The third-order valence-electron chi connectivity index (χ3n) is 7.69. The van der Waals surface area contributed by atoms with Crippen LogP contribution in [0.1, 0.15) is 67.4 Å². The van der Waals surface area contributed by atoms with Crippen LogP contribution in [0.3, 0.4) is 0 Å². The Morgan fingerprint density at radius 3 is 2.72 bits per heavy atom. The highest BCUT2D eigenvalue weighted by atomic mass is 16.1. The Labute approximate surface area is 209 Å². The first kappa shape index (κ1) is 22.8. The Kier molecular flexibility index (Phi) is 5.79. The number of nitrogens with zero attached hydrogens (tertiary/aromatic N) is 5. The molecule has 6 rings (SSSR count). The molecule has 4 aromatic heterocycles. The second kappa shape index (κ2) is 9.13. The van der Waals surface area contributed by atoms with Gasteiger partial charge in [0.15, 0.2) is 5.78 Å². The fraction of sp³-hybridized carbons (Fsp3) is 0.444. The fourth-order valence-corrected chi connectivity index (χ4v) is 5.88. The molecule has 2 aliphatic rings. The summed E-state index contributed by atoms with van der Waals surface area (Å²) in [5.41, 5.74) is 3.20. The predicted octanol–water partition coefficient (Wildman–Crippen LogP) is 4.26. The molecule has 9 nitrogen and oxygen atoms in total. The molecule has 1 aliphatic heterocycles. The zero-order chi connectivity index (χ0) is 24.8. The Balaban J connectivity index is 1.36. The van der Waals surface area contributed by atoms with E-state index in [-0.39, 0.29) is 22.9 Å². The molecule has 1 aliphatic carbocycles. The van der Waals surface area contributed by atoms with Gasteiger partial charge in [0, 0.05) is 36.4 Å². The molecule has 0 aromatic carbocycles. The first-order chi connectivity index (χ1) is 17.5. The van der Waals surface area contributed by atoms with E-state index in [2.05, 4.69) is 32.4 Å². The van der Waals surface area contributed by atoms with E-state index in [4.69, 9.17) is 9.97 Å². The van der Waals surface area contributed by atoms with E-state index in [0.717, 1.165) is 55.2 Å². The molecule has 1 saturated carbocycles. The summed E-state index contributed by atoms with van der Waals surface area (Å²) in [5.74, 6) is 0.803. The van der Waals surface area contributed by atoms with Crippen LogP contribution in [0.5, 0.6) is 0 Å². The van der Waals surface area contributed by atoms with Crippen LogP contribution in [0.25, 0.3) is 22.1 Å². The number of ketones is 1. The largest absolute Gasteiger partial charge is 0.345 e. The first-order valence-corrected chi connectivity index (χ1v) is 12.9. The van der Waals surface area contributed by atoms with Crippen molar-refractivity contribution in [2.75, 3.05) is 11.9 Å². The second-order valence-electron chi connectivity index (χ2n) is 10.1. The highest BCUT2D eigenvalue weighted by Crippen LogP contribution is 2.32. The van der Waals surface area contributed by atoms with Gasteiger partial charge < -0.3 is 15.2 Å². The monoisotopic (exact) mass is 485 g/mol. The van der Waals surface area contributed by atoms with Gasteiger partial charge in [-0.15, -0.1) is 0 Å². The van der Waals surface area contributed by atoms with Crippen molar-refractivity contribution in [2.45, 2.75) is 71.0 Å². The molecule has 2 N–H and O–H groups in total. The van der Waals surface area contributed by atoms with Gasteiger partial charge in [-0.3, -0.25) is 14.2 Å². The maximum absolute atomic E-state index is 13.4. The Morgan fingerprint density at radius 1 is 1.14 bits per heavy atom. The maximum atomic E-state index is 13.4. The lowest BCUT2D eigenvalue weighted by Gasteiger charge is -2.19. The summed E-state index contributed by atoms with van der Waals surface area (Å²) in [6, 6.07) is 6.58. The highest BCUT2D eigenvalue weighted by molar-refractivity contribution is 5.99. The summed E-state index contributed by atoms with van der Waals surface area (Å²) in [6.45, 7) is 5.28. The zero-order valence-corrected chi connectivity index (χ0v) is 20.8. The number of aromatic nitrogens is 5. The van der Waals surface area contributed by atoms with Crippen molar-refractivity contribution in [3.63, 3.8) is 0 Å². The summed E-state index contributed by atoms with van der Waals surface area (Å²) in [4.78, 5) is 39.8. The lowest BCUT2D eigenvalue weighted by Crippen LogP contribution is -2.30. The lowest BCUT2D eigenvalue weighted by atomic mass is 10.0. The van der Waals surface area contributed by atoms with E-state index >= 15 is 0 Å². The van der Waals surface area contributed by atoms with Gasteiger partial charge >= 0.3 is 0 Å². The molecule has 36 heavy (non-hydrogen) atoms. The Bertz CT molecular complexity index is 1520. The van der Waals surface area contributed by atoms with Gasteiger partial charge in [-0.25, -0.2) is 9.97 Å². The molecule has 5 heterocycles. The average Bonchev–Trinajstić information content (AvgIpc) is 3.62. The van der Waals surface area contributed by atoms with Crippen molar-refractivity contribution in [1.29, 1.82) is 0 Å². The molecule has 0 bridgehead atoms. The number of aryl methyl sites for hydroxylation is 1. The molecule has 0 amide bonds. The quantitative estimate of drug-likeness (QED) is 0.393. The van der Waals surface area contributed by atoms with Crippen LogP contribution in [-0.4, -0.2) is 42.5 Å². The minimum Gasteiger partial charge on any atom is -0.345 e. The van der Waals surface area contributed by atoms with Gasteiger partial charge in [0.1, 0.15) is 11.5 Å². The van der Waals surface area contributed by atoms with Gasteiger partial charge in [0.2, 0.25) is 5.95 Å². The van der Waals surface area contributed by atoms with Crippen LogP contribution in [0.15, 0.2) is 35.4 Å². The summed E-state index contributed by atoms with van der Waals surface area (Å²) in [7, 11) is 0. The standard InChI is InChI=1S/C27H31N7O2/c1-16-20-14-29-27(32-25(20)34(19-7-3-4-8-19)26(36)24(16)17(2)35)31-23-10-9-22-21(30-23)11-13-33(22)15-18-6-5-12-28-18/h9-11,13-14,18-19,28H,3-8,12,15H2,1-2H3,(H,29,30,31,32). The van der Waals surface area contributed by atoms with Crippen LogP contribution in [0, 0.1) is 6.92 Å². The minimum atomic E-state index is -0.248. The number of pyridine rings is 2. The van der Waals surface area contributed by atoms with Crippen LogP contribution in [0.2, 0.25) is 0 Å². The van der Waals surface area contributed by atoms with E-state index in [9.17, 15) is 9.59 Å². The fourth-order valence-electron chi connectivity index (χ4n) is 5.88. The first-order valence-electron chi connectivity index (χ1n) is 12.9. The Hall–Kier alpha value is -3.59. The maximum Gasteiger partial charge on any atom is 0.263 e. The number of hydrogen-bond donors (Lipinski definition) is 2. The molecule has 2 fully saturated rings. The van der Waals surface area contributed by atoms with Gasteiger partial charge in [0.25, 0.3) is 5.56 Å². The zero-order valence-electron chi connectivity index (χ0n) is 20.8. The summed E-state index contributed by atoms with van der Waals surface area (Å²) < 4.78 is 3.98. The summed E-state index contributed by atoms with van der Waals surface area (Å²) in [6.07, 6.45) is 10.2. The molecular weight excluding hydrogens is 454 g/mol. The smallest absolute Gasteiger partial charge is 0.263 e. The van der Waals surface area contributed by atoms with Gasteiger partial charge in [-0.2, -0.15) is 4.98 Å².